The van der Waals surface area contributed by atoms with Crippen molar-refractivity contribution in [3.05, 3.63) is 53.1 Å². The Labute approximate surface area is 198 Å². The molecule has 10 heteroatoms. The van der Waals surface area contributed by atoms with E-state index in [-0.39, 0.29) is 23.1 Å². The maximum atomic E-state index is 12.7. The lowest BCUT2D eigenvalue weighted by Crippen LogP contribution is -2.40. The number of carbonyl (C=O) groups excluding carboxylic acids is 2. The first-order chi connectivity index (χ1) is 15.8. The molecule has 0 bridgehead atoms. The fourth-order valence-corrected chi connectivity index (χ4v) is 5.51. The Balaban J connectivity index is 1.35. The van der Waals surface area contributed by atoms with Crippen molar-refractivity contribution in [3.63, 3.8) is 0 Å². The van der Waals surface area contributed by atoms with Crippen molar-refractivity contribution in [2.24, 2.45) is 0 Å². The molecule has 176 valence electrons. The summed E-state index contributed by atoms with van der Waals surface area (Å²) in [5, 5.41) is 3.21. The Morgan fingerprint density at radius 1 is 1.06 bits per heavy atom. The van der Waals surface area contributed by atoms with Crippen molar-refractivity contribution in [1.29, 1.82) is 0 Å². The molecule has 2 amide bonds. The third kappa shape index (κ3) is 5.55. The molecule has 0 atom stereocenters. The lowest BCUT2D eigenvalue weighted by Gasteiger charge is -2.26. The van der Waals surface area contributed by atoms with Crippen LogP contribution in [0.4, 0.5) is 11.4 Å². The standard InChI is InChI=1S/C23H26ClN3O5S/c24-20-9-6-18(27-11-1-2-23(27)29)16-21(20)25-22(28)10-5-17-3-7-19(8-4-17)33(30,31)26-12-14-32-15-13-26/h3-4,6-9,16H,1-2,5,10-15H2,(H,25,28). The minimum atomic E-state index is -3.54. The molecule has 0 spiro atoms. The van der Waals surface area contributed by atoms with E-state index in [1.807, 2.05) is 0 Å². The van der Waals surface area contributed by atoms with Gasteiger partial charge >= 0.3 is 0 Å². The van der Waals surface area contributed by atoms with Crippen LogP contribution in [0.15, 0.2) is 47.4 Å². The summed E-state index contributed by atoms with van der Waals surface area (Å²) in [7, 11) is -3.54. The van der Waals surface area contributed by atoms with Gasteiger partial charge in [0.05, 0.1) is 28.8 Å². The van der Waals surface area contributed by atoms with E-state index in [0.29, 0.717) is 62.1 Å². The predicted molar refractivity (Wildman–Crippen MR) is 126 cm³/mol. The van der Waals surface area contributed by atoms with Gasteiger partial charge < -0.3 is 15.0 Å². The number of ether oxygens (including phenoxy) is 1. The predicted octanol–water partition coefficient (Wildman–Crippen LogP) is 3.06. The Bertz CT molecular complexity index is 1130. The largest absolute Gasteiger partial charge is 0.379 e. The van der Waals surface area contributed by atoms with Crippen molar-refractivity contribution >= 4 is 44.8 Å². The first-order valence-electron chi connectivity index (χ1n) is 10.9. The van der Waals surface area contributed by atoms with Crippen molar-refractivity contribution < 1.29 is 22.7 Å². The maximum absolute atomic E-state index is 12.7. The number of anilines is 2. The number of morpholine rings is 1. The summed E-state index contributed by atoms with van der Waals surface area (Å²) in [4.78, 5) is 26.4. The van der Waals surface area contributed by atoms with Gasteiger partial charge in [0, 0.05) is 38.2 Å². The number of sulfonamides is 1. The van der Waals surface area contributed by atoms with Crippen LogP contribution in [-0.2, 0) is 30.8 Å². The first-order valence-corrected chi connectivity index (χ1v) is 12.7. The molecule has 2 aromatic rings. The zero-order valence-electron chi connectivity index (χ0n) is 18.1. The number of aryl methyl sites for hydroxylation is 1. The molecule has 2 heterocycles. The number of carbonyl (C=O) groups is 2. The Morgan fingerprint density at radius 3 is 2.45 bits per heavy atom. The zero-order valence-corrected chi connectivity index (χ0v) is 19.7. The van der Waals surface area contributed by atoms with Gasteiger partial charge in [0.25, 0.3) is 0 Å². The molecule has 4 rings (SSSR count). The lowest BCUT2D eigenvalue weighted by atomic mass is 10.1. The van der Waals surface area contributed by atoms with Crippen molar-refractivity contribution in [1.82, 2.24) is 4.31 Å². The minimum absolute atomic E-state index is 0.0636. The maximum Gasteiger partial charge on any atom is 0.243 e. The second kappa shape index (κ2) is 10.2. The molecule has 2 aromatic carbocycles. The van der Waals surface area contributed by atoms with E-state index in [1.54, 1.807) is 47.4 Å². The third-order valence-corrected chi connectivity index (χ3v) is 8.02. The topological polar surface area (TPSA) is 96.0 Å². The number of hydrogen-bond donors (Lipinski definition) is 1. The average Bonchev–Trinajstić information content (AvgIpc) is 3.26. The van der Waals surface area contributed by atoms with Gasteiger partial charge in [-0.05, 0) is 48.7 Å². The van der Waals surface area contributed by atoms with Gasteiger partial charge in [0.2, 0.25) is 21.8 Å². The van der Waals surface area contributed by atoms with Gasteiger partial charge in [-0.2, -0.15) is 4.31 Å². The lowest BCUT2D eigenvalue weighted by molar-refractivity contribution is -0.117. The number of halogens is 1. The normalized spacial score (nSPS) is 17.4. The fourth-order valence-electron chi connectivity index (χ4n) is 3.93. The van der Waals surface area contributed by atoms with Crippen LogP contribution in [0.5, 0.6) is 0 Å². The molecule has 0 aliphatic carbocycles. The number of hydrogen-bond acceptors (Lipinski definition) is 5. The molecule has 0 unspecified atom stereocenters. The van der Waals surface area contributed by atoms with Crippen LogP contribution < -0.4 is 10.2 Å². The molecular formula is C23H26ClN3O5S. The van der Waals surface area contributed by atoms with Crippen LogP contribution in [0.1, 0.15) is 24.8 Å². The van der Waals surface area contributed by atoms with Gasteiger partial charge in [-0.3, -0.25) is 9.59 Å². The quantitative estimate of drug-likeness (QED) is 0.642. The zero-order chi connectivity index (χ0) is 23.4. The summed E-state index contributed by atoms with van der Waals surface area (Å²) < 4.78 is 32.1. The van der Waals surface area contributed by atoms with Crippen LogP contribution in [-0.4, -0.2) is 57.4 Å². The molecule has 2 fully saturated rings. The second-order valence-electron chi connectivity index (χ2n) is 8.02. The second-order valence-corrected chi connectivity index (χ2v) is 10.4. The van der Waals surface area contributed by atoms with Gasteiger partial charge in [-0.25, -0.2) is 8.42 Å². The van der Waals surface area contributed by atoms with Crippen LogP contribution >= 0.6 is 11.6 Å². The molecule has 0 aromatic heterocycles. The number of amides is 2. The number of benzene rings is 2. The SMILES string of the molecule is O=C(CCc1ccc(S(=O)(=O)N2CCOCC2)cc1)Nc1cc(N2CCCC2=O)ccc1Cl. The first kappa shape index (κ1) is 23.7. The molecule has 8 nitrogen and oxygen atoms in total. The summed E-state index contributed by atoms with van der Waals surface area (Å²) in [6.45, 7) is 2.15. The van der Waals surface area contributed by atoms with Crippen molar-refractivity contribution in [2.45, 2.75) is 30.6 Å². The Morgan fingerprint density at radius 2 is 1.79 bits per heavy atom. The smallest absolute Gasteiger partial charge is 0.243 e. The highest BCUT2D eigenvalue weighted by Crippen LogP contribution is 2.30. The highest BCUT2D eigenvalue weighted by Gasteiger charge is 2.26. The van der Waals surface area contributed by atoms with Gasteiger partial charge in [0.15, 0.2) is 0 Å². The highest BCUT2D eigenvalue weighted by atomic mass is 35.5. The van der Waals surface area contributed by atoms with Crippen molar-refractivity contribution in [3.8, 4) is 0 Å². The summed E-state index contributed by atoms with van der Waals surface area (Å²) >= 11 is 6.24. The molecular weight excluding hydrogens is 466 g/mol. The molecule has 0 radical (unpaired) electrons. The molecule has 0 saturated carbocycles. The van der Waals surface area contributed by atoms with Crippen LogP contribution in [0.3, 0.4) is 0 Å². The van der Waals surface area contributed by atoms with Gasteiger partial charge in [0.1, 0.15) is 0 Å². The fraction of sp³-hybridized carbons (Fsp3) is 0.391. The summed E-state index contributed by atoms with van der Waals surface area (Å²) in [5.41, 5.74) is 2.04. The van der Waals surface area contributed by atoms with Gasteiger partial charge in [-0.15, -0.1) is 0 Å². The average molecular weight is 492 g/mol. The number of nitrogens with zero attached hydrogens (tertiary/aromatic N) is 2. The molecule has 2 saturated heterocycles. The van der Waals surface area contributed by atoms with Crippen LogP contribution in [0, 0.1) is 0 Å². The van der Waals surface area contributed by atoms with E-state index in [2.05, 4.69) is 5.32 Å². The Hall–Kier alpha value is -2.46. The van der Waals surface area contributed by atoms with E-state index < -0.39 is 10.0 Å². The van der Waals surface area contributed by atoms with E-state index >= 15 is 0 Å². The number of nitrogens with one attached hydrogen (secondary N) is 1. The van der Waals surface area contributed by atoms with Crippen molar-refractivity contribution in [2.75, 3.05) is 43.1 Å². The van der Waals surface area contributed by atoms with E-state index in [9.17, 15) is 18.0 Å². The highest BCUT2D eigenvalue weighted by molar-refractivity contribution is 7.89. The van der Waals surface area contributed by atoms with E-state index in [1.165, 1.54) is 4.31 Å². The summed E-state index contributed by atoms with van der Waals surface area (Å²) in [5.74, 6) is -0.152. The monoisotopic (exact) mass is 491 g/mol. The third-order valence-electron chi connectivity index (χ3n) is 5.78. The van der Waals surface area contributed by atoms with E-state index in [0.717, 1.165) is 12.0 Å². The molecule has 33 heavy (non-hydrogen) atoms. The Kier molecular flexibility index (Phi) is 7.33. The molecule has 2 aliphatic heterocycles. The minimum Gasteiger partial charge on any atom is -0.379 e. The van der Waals surface area contributed by atoms with E-state index in [4.69, 9.17) is 16.3 Å². The van der Waals surface area contributed by atoms with Crippen LogP contribution in [0.25, 0.3) is 0 Å². The van der Waals surface area contributed by atoms with Crippen LogP contribution in [0.2, 0.25) is 5.02 Å². The summed E-state index contributed by atoms with van der Waals surface area (Å²) in [6, 6.07) is 11.8. The molecule has 2 aliphatic rings. The van der Waals surface area contributed by atoms with Gasteiger partial charge in [-0.1, -0.05) is 23.7 Å². The molecule has 1 N–H and O–H groups in total. The number of rotatable bonds is 7. The summed E-state index contributed by atoms with van der Waals surface area (Å²) in [6.07, 6.45) is 2.00.